The number of aliphatic hydroxyl groups is 1. The van der Waals surface area contributed by atoms with E-state index in [4.69, 9.17) is 0 Å². The molecule has 2 aromatic rings. The highest BCUT2D eigenvalue weighted by molar-refractivity contribution is 5.72. The van der Waals surface area contributed by atoms with Crippen LogP contribution in [0.1, 0.15) is 64.5 Å². The molecule has 4 aliphatic carbocycles. The summed E-state index contributed by atoms with van der Waals surface area (Å²) in [6.45, 7) is 5.01. The first-order valence-electron chi connectivity index (χ1n) is 11.4. The predicted octanol–water partition coefficient (Wildman–Crippen LogP) is 5.05. The van der Waals surface area contributed by atoms with Gasteiger partial charge in [-0.3, -0.25) is 4.40 Å². The van der Waals surface area contributed by atoms with Gasteiger partial charge in [-0.05, 0) is 85.2 Å². The number of hydrogen-bond donors (Lipinski definition) is 1. The molecule has 0 aliphatic heterocycles. The number of hydrogen-bond acceptors (Lipinski definition) is 3. The summed E-state index contributed by atoms with van der Waals surface area (Å²) in [6, 6.07) is 2.00. The molecule has 152 valence electrons. The van der Waals surface area contributed by atoms with Crippen molar-refractivity contribution < 1.29 is 5.11 Å². The molecule has 6 rings (SSSR count). The molecule has 4 heteroatoms. The summed E-state index contributed by atoms with van der Waals surface area (Å²) < 4.78 is 2.16. The third-order valence-corrected chi connectivity index (χ3v) is 9.22. The summed E-state index contributed by atoms with van der Waals surface area (Å²) in [7, 11) is 0. The second-order valence-electron chi connectivity index (χ2n) is 10.4. The van der Waals surface area contributed by atoms with Gasteiger partial charge in [0.25, 0.3) is 0 Å². The molecule has 2 aromatic heterocycles. The molecule has 1 N–H and O–H groups in total. The van der Waals surface area contributed by atoms with E-state index in [1.54, 1.807) is 5.57 Å². The van der Waals surface area contributed by atoms with Crippen LogP contribution < -0.4 is 0 Å². The van der Waals surface area contributed by atoms with Crippen LogP contribution >= 0.6 is 0 Å². The molecule has 2 heterocycles. The number of rotatable bonds is 1. The van der Waals surface area contributed by atoms with Crippen molar-refractivity contribution in [1.29, 1.82) is 0 Å². The highest BCUT2D eigenvalue weighted by Crippen LogP contribution is 2.66. The summed E-state index contributed by atoms with van der Waals surface area (Å²) in [6.07, 6.45) is 18.8. The highest BCUT2D eigenvalue weighted by atomic mass is 16.3. The Morgan fingerprint density at radius 1 is 1.03 bits per heavy atom. The van der Waals surface area contributed by atoms with Crippen LogP contribution in [0.2, 0.25) is 0 Å². The van der Waals surface area contributed by atoms with Gasteiger partial charge in [-0.2, -0.15) is 0 Å². The molecule has 0 saturated heterocycles. The number of imidazole rings is 1. The molecule has 4 unspecified atom stereocenters. The molecule has 4 nitrogen and oxygen atoms in total. The first kappa shape index (κ1) is 17.9. The highest BCUT2D eigenvalue weighted by Gasteiger charge is 2.57. The van der Waals surface area contributed by atoms with E-state index in [0.717, 1.165) is 36.9 Å². The van der Waals surface area contributed by atoms with E-state index in [0.29, 0.717) is 11.3 Å². The second kappa shape index (κ2) is 6.04. The van der Waals surface area contributed by atoms with Crippen LogP contribution in [-0.2, 0) is 0 Å². The molecule has 0 amide bonds. The van der Waals surface area contributed by atoms with Crippen LogP contribution in [0.15, 0.2) is 42.4 Å². The molecule has 2 saturated carbocycles. The normalized spacial score (nSPS) is 41.3. The van der Waals surface area contributed by atoms with Gasteiger partial charge in [0.05, 0.1) is 18.0 Å². The lowest BCUT2D eigenvalue weighted by Crippen LogP contribution is -2.49. The maximum atomic E-state index is 10.2. The van der Waals surface area contributed by atoms with Gasteiger partial charge in [-0.25, -0.2) is 9.97 Å². The van der Waals surface area contributed by atoms with Gasteiger partial charge in [0.15, 0.2) is 0 Å². The Balaban J connectivity index is 1.36. The summed E-state index contributed by atoms with van der Waals surface area (Å²) in [5.74, 6) is 3.02. The number of fused-ring (bicyclic) bond motifs is 6. The van der Waals surface area contributed by atoms with Gasteiger partial charge < -0.3 is 5.11 Å². The minimum absolute atomic E-state index is 0.122. The zero-order valence-electron chi connectivity index (χ0n) is 17.5. The van der Waals surface area contributed by atoms with E-state index >= 15 is 0 Å². The Kier molecular flexibility index (Phi) is 3.72. The van der Waals surface area contributed by atoms with E-state index in [9.17, 15) is 5.11 Å². The van der Waals surface area contributed by atoms with E-state index in [2.05, 4.69) is 46.6 Å². The molecule has 0 spiro atoms. The SMILES string of the molecule is C[C@]12CCC(O)CC1=CCC1C2CC[C@]2(C)C(c3cnc4ncccn34)=CCC12. The Hall–Kier alpha value is -1.94. The fraction of sp³-hybridized carbons (Fsp3) is 0.600. The number of aromatic nitrogens is 3. The second-order valence-corrected chi connectivity index (χ2v) is 10.4. The van der Waals surface area contributed by atoms with Crippen molar-refractivity contribution in [2.75, 3.05) is 0 Å². The average Bonchev–Trinajstić information content (AvgIpc) is 3.29. The van der Waals surface area contributed by atoms with Crippen molar-refractivity contribution in [3.05, 3.63) is 48.1 Å². The number of allylic oxidation sites excluding steroid dienone is 3. The maximum Gasteiger partial charge on any atom is 0.234 e. The van der Waals surface area contributed by atoms with Gasteiger partial charge in [-0.15, -0.1) is 0 Å². The molecule has 4 aliphatic rings. The Labute approximate surface area is 172 Å². The lowest BCUT2D eigenvalue weighted by Gasteiger charge is -2.57. The quantitative estimate of drug-likeness (QED) is 0.695. The van der Waals surface area contributed by atoms with Gasteiger partial charge in [0.1, 0.15) is 0 Å². The zero-order valence-corrected chi connectivity index (χ0v) is 17.5. The average molecular weight is 390 g/mol. The fourth-order valence-electron chi connectivity index (χ4n) is 7.63. The van der Waals surface area contributed by atoms with Crippen LogP contribution in [0.5, 0.6) is 0 Å². The van der Waals surface area contributed by atoms with Crippen molar-refractivity contribution in [3.8, 4) is 0 Å². The topological polar surface area (TPSA) is 50.4 Å². The summed E-state index contributed by atoms with van der Waals surface area (Å²) in [5.41, 5.74) is 4.80. The first-order valence-corrected chi connectivity index (χ1v) is 11.4. The molecular formula is C25H31N3O. The van der Waals surface area contributed by atoms with Gasteiger partial charge in [-0.1, -0.05) is 31.6 Å². The number of aliphatic hydroxyl groups excluding tert-OH is 1. The van der Waals surface area contributed by atoms with E-state index in [-0.39, 0.29) is 11.5 Å². The van der Waals surface area contributed by atoms with Crippen molar-refractivity contribution >= 4 is 11.4 Å². The third-order valence-electron chi connectivity index (χ3n) is 9.22. The third kappa shape index (κ3) is 2.35. The van der Waals surface area contributed by atoms with Gasteiger partial charge in [0.2, 0.25) is 5.78 Å². The summed E-state index contributed by atoms with van der Waals surface area (Å²) >= 11 is 0. The molecule has 29 heavy (non-hydrogen) atoms. The summed E-state index contributed by atoms with van der Waals surface area (Å²) in [5, 5.41) is 10.2. The Bertz CT molecular complexity index is 1040. The Morgan fingerprint density at radius 2 is 1.90 bits per heavy atom. The Morgan fingerprint density at radius 3 is 2.79 bits per heavy atom. The fourth-order valence-corrected chi connectivity index (χ4v) is 7.63. The van der Waals surface area contributed by atoms with Crippen LogP contribution in [-0.4, -0.2) is 25.6 Å². The standard InChI is InChI=1S/C25H31N3O/c1-24-10-8-17(29)14-16(24)4-5-18-19-6-7-21(25(19,2)11-9-20(18)24)22-15-27-23-26-12-3-13-28(22)23/h3-4,7,12-13,15,17-20,29H,5-6,8-11,14H2,1-2H3/t17?,18?,19?,20?,24-,25-/m0/s1. The van der Waals surface area contributed by atoms with Crippen LogP contribution in [0, 0.1) is 28.6 Å². The minimum Gasteiger partial charge on any atom is -0.393 e. The van der Waals surface area contributed by atoms with Crippen molar-refractivity contribution in [3.63, 3.8) is 0 Å². The maximum absolute atomic E-state index is 10.2. The smallest absolute Gasteiger partial charge is 0.234 e. The van der Waals surface area contributed by atoms with Gasteiger partial charge >= 0.3 is 0 Å². The van der Waals surface area contributed by atoms with E-state index in [1.807, 2.05) is 18.5 Å². The van der Waals surface area contributed by atoms with Crippen molar-refractivity contribution in [1.82, 2.24) is 14.4 Å². The number of nitrogens with zero attached hydrogens (tertiary/aromatic N) is 3. The van der Waals surface area contributed by atoms with Crippen molar-refractivity contribution in [2.45, 2.75) is 64.9 Å². The van der Waals surface area contributed by atoms with Crippen molar-refractivity contribution in [2.24, 2.45) is 28.6 Å². The molecule has 0 bridgehead atoms. The lowest BCUT2D eigenvalue weighted by atomic mass is 9.47. The molecule has 0 radical (unpaired) electrons. The van der Waals surface area contributed by atoms with Gasteiger partial charge in [0, 0.05) is 12.4 Å². The molecule has 2 fully saturated rings. The largest absolute Gasteiger partial charge is 0.393 e. The summed E-state index contributed by atoms with van der Waals surface area (Å²) in [4.78, 5) is 8.99. The van der Waals surface area contributed by atoms with Crippen LogP contribution in [0.3, 0.4) is 0 Å². The van der Waals surface area contributed by atoms with Crippen LogP contribution in [0.25, 0.3) is 11.4 Å². The predicted molar refractivity (Wildman–Crippen MR) is 114 cm³/mol. The molecule has 6 atom stereocenters. The lowest BCUT2D eigenvalue weighted by molar-refractivity contribution is -0.0238. The van der Waals surface area contributed by atoms with Crippen LogP contribution in [0.4, 0.5) is 0 Å². The molecule has 0 aromatic carbocycles. The first-order chi connectivity index (χ1) is 14.0. The van der Waals surface area contributed by atoms with E-state index < -0.39 is 0 Å². The monoisotopic (exact) mass is 389 g/mol. The minimum atomic E-state index is -0.122. The molecular weight excluding hydrogens is 358 g/mol. The zero-order chi connectivity index (χ0) is 19.8. The van der Waals surface area contributed by atoms with E-state index in [1.165, 1.54) is 37.0 Å².